The molecule has 96 valence electrons. The Labute approximate surface area is 104 Å². The van der Waals surface area contributed by atoms with Crippen LogP contribution in [-0.2, 0) is 0 Å². The number of hydrogen-bond donors (Lipinski definition) is 1. The summed E-state index contributed by atoms with van der Waals surface area (Å²) in [5.41, 5.74) is 7.36. The van der Waals surface area contributed by atoms with Crippen LogP contribution >= 0.6 is 0 Å². The third-order valence-corrected chi connectivity index (χ3v) is 2.94. The molecule has 2 N–H and O–H groups in total. The van der Waals surface area contributed by atoms with Gasteiger partial charge < -0.3 is 10.6 Å². The molecule has 1 rings (SSSR count). The van der Waals surface area contributed by atoms with Crippen LogP contribution in [-0.4, -0.2) is 13.6 Å². The van der Waals surface area contributed by atoms with Gasteiger partial charge in [0.25, 0.3) is 0 Å². The molecule has 0 saturated carbocycles. The SMILES string of the molecule is CC(C)CCN(C)c1cccc(F)c1C(C)N. The highest BCUT2D eigenvalue weighted by molar-refractivity contribution is 5.54. The first-order valence-electron chi connectivity index (χ1n) is 6.18. The quantitative estimate of drug-likeness (QED) is 0.852. The van der Waals surface area contributed by atoms with E-state index in [-0.39, 0.29) is 11.9 Å². The molecule has 3 heteroatoms. The van der Waals surface area contributed by atoms with Crippen LogP contribution < -0.4 is 10.6 Å². The number of anilines is 1. The molecule has 0 heterocycles. The van der Waals surface area contributed by atoms with Crippen molar-refractivity contribution in [1.29, 1.82) is 0 Å². The monoisotopic (exact) mass is 238 g/mol. The Morgan fingerprint density at radius 3 is 2.47 bits per heavy atom. The van der Waals surface area contributed by atoms with Crippen molar-refractivity contribution < 1.29 is 4.39 Å². The molecule has 2 nitrogen and oxygen atoms in total. The van der Waals surface area contributed by atoms with Gasteiger partial charge in [0.1, 0.15) is 5.82 Å². The first-order valence-corrected chi connectivity index (χ1v) is 6.18. The Hall–Kier alpha value is -1.09. The molecule has 0 aliphatic carbocycles. The van der Waals surface area contributed by atoms with Crippen LogP contribution in [0.1, 0.15) is 38.8 Å². The number of benzene rings is 1. The van der Waals surface area contributed by atoms with Gasteiger partial charge >= 0.3 is 0 Å². The van der Waals surface area contributed by atoms with Crippen molar-refractivity contribution in [3.8, 4) is 0 Å². The zero-order valence-electron chi connectivity index (χ0n) is 11.2. The van der Waals surface area contributed by atoms with Crippen molar-refractivity contribution in [2.45, 2.75) is 33.2 Å². The van der Waals surface area contributed by atoms with Crippen LogP contribution in [0.2, 0.25) is 0 Å². The highest BCUT2D eigenvalue weighted by Crippen LogP contribution is 2.27. The van der Waals surface area contributed by atoms with Crippen LogP contribution in [0.15, 0.2) is 18.2 Å². The molecule has 1 aromatic carbocycles. The third-order valence-electron chi connectivity index (χ3n) is 2.94. The Bertz CT molecular complexity index is 361. The van der Waals surface area contributed by atoms with Gasteiger partial charge in [0.05, 0.1) is 0 Å². The van der Waals surface area contributed by atoms with E-state index in [9.17, 15) is 4.39 Å². The fourth-order valence-corrected chi connectivity index (χ4v) is 1.88. The van der Waals surface area contributed by atoms with E-state index in [0.29, 0.717) is 11.5 Å². The van der Waals surface area contributed by atoms with E-state index < -0.39 is 0 Å². The van der Waals surface area contributed by atoms with Crippen molar-refractivity contribution in [3.63, 3.8) is 0 Å². The second-order valence-corrected chi connectivity index (χ2v) is 5.07. The summed E-state index contributed by atoms with van der Waals surface area (Å²) in [5, 5.41) is 0. The fraction of sp³-hybridized carbons (Fsp3) is 0.571. The summed E-state index contributed by atoms with van der Waals surface area (Å²) in [5.74, 6) is 0.429. The van der Waals surface area contributed by atoms with Gasteiger partial charge in [0.15, 0.2) is 0 Å². The summed E-state index contributed by atoms with van der Waals surface area (Å²) >= 11 is 0. The van der Waals surface area contributed by atoms with E-state index in [2.05, 4.69) is 18.7 Å². The number of nitrogens with zero attached hydrogens (tertiary/aromatic N) is 1. The lowest BCUT2D eigenvalue weighted by Gasteiger charge is -2.25. The second-order valence-electron chi connectivity index (χ2n) is 5.07. The number of nitrogens with two attached hydrogens (primary N) is 1. The van der Waals surface area contributed by atoms with Gasteiger partial charge in [-0.1, -0.05) is 19.9 Å². The van der Waals surface area contributed by atoms with E-state index in [1.54, 1.807) is 6.07 Å². The second kappa shape index (κ2) is 6.01. The molecule has 1 atom stereocenters. The first kappa shape index (κ1) is 14.0. The molecular weight excluding hydrogens is 215 g/mol. The summed E-state index contributed by atoms with van der Waals surface area (Å²) in [7, 11) is 1.99. The van der Waals surface area contributed by atoms with Crippen molar-refractivity contribution in [3.05, 3.63) is 29.6 Å². The van der Waals surface area contributed by atoms with Crippen LogP contribution in [0.3, 0.4) is 0 Å². The highest BCUT2D eigenvalue weighted by Gasteiger charge is 2.15. The molecular formula is C14H23FN2. The van der Waals surface area contributed by atoms with Gasteiger partial charge in [0, 0.05) is 30.9 Å². The molecule has 0 bridgehead atoms. The predicted molar refractivity (Wildman–Crippen MR) is 71.7 cm³/mol. The molecule has 1 aromatic rings. The molecule has 1 unspecified atom stereocenters. The molecule has 0 amide bonds. The Morgan fingerprint density at radius 2 is 1.94 bits per heavy atom. The third kappa shape index (κ3) is 3.70. The van der Waals surface area contributed by atoms with Gasteiger partial charge in [-0.2, -0.15) is 0 Å². The molecule has 0 aliphatic heterocycles. The van der Waals surface area contributed by atoms with Gasteiger partial charge in [-0.3, -0.25) is 0 Å². The van der Waals surface area contributed by atoms with Gasteiger partial charge in [-0.15, -0.1) is 0 Å². The largest absolute Gasteiger partial charge is 0.374 e. The Morgan fingerprint density at radius 1 is 1.29 bits per heavy atom. The number of hydrogen-bond acceptors (Lipinski definition) is 2. The van der Waals surface area contributed by atoms with Crippen molar-refractivity contribution in [2.75, 3.05) is 18.5 Å². The standard InChI is InChI=1S/C14H23FN2/c1-10(2)8-9-17(4)13-7-5-6-12(15)14(13)11(3)16/h5-7,10-11H,8-9,16H2,1-4H3. The molecule has 0 saturated heterocycles. The van der Waals surface area contributed by atoms with E-state index in [1.807, 2.05) is 20.0 Å². The normalized spacial score (nSPS) is 12.9. The first-order chi connectivity index (χ1) is 7.93. The lowest BCUT2D eigenvalue weighted by molar-refractivity contribution is 0.575. The maximum Gasteiger partial charge on any atom is 0.130 e. The van der Waals surface area contributed by atoms with Crippen molar-refractivity contribution in [1.82, 2.24) is 0 Å². The predicted octanol–water partition coefficient (Wildman–Crippen LogP) is 3.33. The average molecular weight is 238 g/mol. The summed E-state index contributed by atoms with van der Waals surface area (Å²) in [6, 6.07) is 4.86. The molecule has 0 radical (unpaired) electrons. The zero-order chi connectivity index (χ0) is 13.0. The van der Waals surface area contributed by atoms with E-state index in [1.165, 1.54) is 6.07 Å². The van der Waals surface area contributed by atoms with Crippen LogP contribution in [0.4, 0.5) is 10.1 Å². The van der Waals surface area contributed by atoms with E-state index in [4.69, 9.17) is 5.73 Å². The van der Waals surface area contributed by atoms with E-state index >= 15 is 0 Å². The molecule has 0 spiro atoms. The summed E-state index contributed by atoms with van der Waals surface area (Å²) in [6.45, 7) is 7.11. The number of rotatable bonds is 5. The van der Waals surface area contributed by atoms with Gasteiger partial charge in [-0.05, 0) is 31.4 Å². The minimum Gasteiger partial charge on any atom is -0.374 e. The van der Waals surface area contributed by atoms with Crippen molar-refractivity contribution in [2.24, 2.45) is 11.7 Å². The van der Waals surface area contributed by atoms with Gasteiger partial charge in [-0.25, -0.2) is 4.39 Å². The average Bonchev–Trinajstić information content (AvgIpc) is 2.24. The fourth-order valence-electron chi connectivity index (χ4n) is 1.88. The minimum absolute atomic E-state index is 0.214. The Kier molecular flexibility index (Phi) is 4.94. The Balaban J connectivity index is 2.92. The molecule has 0 aliphatic rings. The topological polar surface area (TPSA) is 29.3 Å². The number of halogens is 1. The zero-order valence-corrected chi connectivity index (χ0v) is 11.2. The van der Waals surface area contributed by atoms with Crippen LogP contribution in [0.5, 0.6) is 0 Å². The van der Waals surface area contributed by atoms with Crippen LogP contribution in [0.25, 0.3) is 0 Å². The molecule has 0 aromatic heterocycles. The maximum absolute atomic E-state index is 13.8. The van der Waals surface area contributed by atoms with E-state index in [0.717, 1.165) is 18.7 Å². The molecule has 17 heavy (non-hydrogen) atoms. The summed E-state index contributed by atoms with van der Waals surface area (Å²) in [4.78, 5) is 2.09. The summed E-state index contributed by atoms with van der Waals surface area (Å²) < 4.78 is 13.8. The van der Waals surface area contributed by atoms with Gasteiger partial charge in [0.2, 0.25) is 0 Å². The molecule has 0 fully saturated rings. The summed E-state index contributed by atoms with van der Waals surface area (Å²) in [6.07, 6.45) is 1.09. The highest BCUT2D eigenvalue weighted by atomic mass is 19.1. The smallest absolute Gasteiger partial charge is 0.130 e. The van der Waals surface area contributed by atoms with Crippen molar-refractivity contribution >= 4 is 5.69 Å². The van der Waals surface area contributed by atoms with Crippen LogP contribution in [0, 0.1) is 11.7 Å². The lowest BCUT2D eigenvalue weighted by Crippen LogP contribution is -2.23. The maximum atomic E-state index is 13.8. The minimum atomic E-state index is -0.285. The lowest BCUT2D eigenvalue weighted by atomic mass is 10.0.